The number of hydrogen-bond donors (Lipinski definition) is 2. The number of aliphatic hydroxyl groups excluding tert-OH is 1. The molecule has 3 amide bonds. The van der Waals surface area contributed by atoms with Gasteiger partial charge in [-0.1, -0.05) is 18.2 Å². The predicted molar refractivity (Wildman–Crippen MR) is 170 cm³/mol. The standard InChI is InChI=1S/C31H37IN4O4S/c1-18(2)27(36-15-22-8-6-7-9-24(22)30(36)39)31(40)35-16-23(37)13-26(35)29(38)33-14-21-11-10-20(12-25(21)32(4)5)28-19(3)34-17-41-28/h6-12,17-18,23,26-27,37H,13-16H2,1-5H3,(H,33,38). The van der Waals surface area contributed by atoms with Crippen molar-refractivity contribution in [2.24, 2.45) is 5.92 Å². The van der Waals surface area contributed by atoms with Crippen molar-refractivity contribution < 1.29 is 19.5 Å². The summed E-state index contributed by atoms with van der Waals surface area (Å²) in [5.41, 5.74) is 6.61. The summed E-state index contributed by atoms with van der Waals surface area (Å²) >= 11 is 0.216. The molecule has 0 radical (unpaired) electrons. The van der Waals surface area contributed by atoms with Crippen molar-refractivity contribution in [2.75, 3.05) is 16.4 Å². The van der Waals surface area contributed by atoms with Crippen LogP contribution in [0.3, 0.4) is 0 Å². The summed E-state index contributed by atoms with van der Waals surface area (Å²) in [6.07, 6.45) is -0.622. The van der Waals surface area contributed by atoms with Gasteiger partial charge in [-0.3, -0.25) is 0 Å². The summed E-state index contributed by atoms with van der Waals surface area (Å²) in [5, 5.41) is 13.6. The second kappa shape index (κ2) is 12.2. The third kappa shape index (κ3) is 5.91. The second-order valence-corrected chi connectivity index (χ2v) is 17.6. The number of carbonyl (C=O) groups excluding carboxylic acids is 3. The summed E-state index contributed by atoms with van der Waals surface area (Å²) in [7, 11) is 0. The van der Waals surface area contributed by atoms with E-state index in [4.69, 9.17) is 0 Å². The van der Waals surface area contributed by atoms with Gasteiger partial charge in [0.1, 0.15) is 0 Å². The number of aryl methyl sites for hydroxylation is 1. The second-order valence-electron chi connectivity index (χ2n) is 11.2. The first-order chi connectivity index (χ1) is 19.6. The van der Waals surface area contributed by atoms with Gasteiger partial charge in [-0.25, -0.2) is 0 Å². The Morgan fingerprint density at radius 1 is 1.20 bits per heavy atom. The van der Waals surface area contributed by atoms with Crippen LogP contribution in [0.2, 0.25) is 0 Å². The minimum atomic E-state index is -1.41. The first kappa shape index (κ1) is 29.7. The van der Waals surface area contributed by atoms with Gasteiger partial charge in [0.2, 0.25) is 0 Å². The SMILES string of the molecule is Cc1ncsc1-c1ccc(CNC(=O)C2CC(O)CN2C(=O)C(C(C)C)N2Cc3ccccc3C2=O)c(I(C)C)c1. The maximum absolute atomic E-state index is 14.0. The van der Waals surface area contributed by atoms with Crippen LogP contribution in [0.15, 0.2) is 48.0 Å². The molecule has 41 heavy (non-hydrogen) atoms. The molecular formula is C31H37IN4O4S. The van der Waals surface area contributed by atoms with E-state index in [2.05, 4.69) is 38.4 Å². The van der Waals surface area contributed by atoms with Gasteiger partial charge >= 0.3 is 229 Å². The van der Waals surface area contributed by atoms with E-state index in [0.717, 1.165) is 27.3 Å². The Labute approximate surface area is 252 Å². The van der Waals surface area contributed by atoms with E-state index in [1.165, 1.54) is 8.47 Å². The summed E-state index contributed by atoms with van der Waals surface area (Å²) in [6.45, 7) is 6.62. The summed E-state index contributed by atoms with van der Waals surface area (Å²) < 4.78 is 1.30. The van der Waals surface area contributed by atoms with E-state index >= 15 is 0 Å². The number of rotatable bonds is 8. The van der Waals surface area contributed by atoms with Crippen LogP contribution in [0.5, 0.6) is 0 Å². The van der Waals surface area contributed by atoms with E-state index in [9.17, 15) is 19.5 Å². The van der Waals surface area contributed by atoms with Crippen molar-refractivity contribution in [1.82, 2.24) is 20.1 Å². The molecule has 0 aliphatic carbocycles. The fourth-order valence-electron chi connectivity index (χ4n) is 5.82. The molecule has 10 heteroatoms. The number of hydrogen-bond acceptors (Lipinski definition) is 6. The summed E-state index contributed by atoms with van der Waals surface area (Å²) in [6, 6.07) is 12.3. The van der Waals surface area contributed by atoms with Gasteiger partial charge in [0.05, 0.1) is 0 Å². The molecule has 2 aromatic carbocycles. The zero-order chi connectivity index (χ0) is 29.4. The number of halogens is 1. The molecule has 2 aliphatic heterocycles. The normalized spacial score (nSPS) is 19.5. The number of likely N-dealkylation sites (tertiary alicyclic amines) is 1. The van der Waals surface area contributed by atoms with Crippen molar-refractivity contribution in [1.29, 1.82) is 0 Å². The van der Waals surface area contributed by atoms with Gasteiger partial charge < -0.3 is 0 Å². The molecule has 3 heterocycles. The van der Waals surface area contributed by atoms with Crippen LogP contribution >= 0.6 is 31.2 Å². The summed E-state index contributed by atoms with van der Waals surface area (Å²) in [4.78, 5) is 53.9. The van der Waals surface area contributed by atoms with Crippen molar-refractivity contribution >= 4 is 48.9 Å². The number of alkyl halides is 2. The first-order valence-corrected chi connectivity index (χ1v) is 20.0. The molecule has 3 unspecified atom stereocenters. The molecule has 3 aromatic rings. The van der Waals surface area contributed by atoms with Crippen LogP contribution in [0, 0.1) is 16.4 Å². The van der Waals surface area contributed by atoms with Gasteiger partial charge in [-0.05, 0) is 6.07 Å². The molecule has 2 N–H and O–H groups in total. The Bertz CT molecular complexity index is 1470. The zero-order valence-corrected chi connectivity index (χ0v) is 27.0. The van der Waals surface area contributed by atoms with Crippen LogP contribution < -0.4 is 5.32 Å². The van der Waals surface area contributed by atoms with Gasteiger partial charge in [0.25, 0.3) is 0 Å². The van der Waals surface area contributed by atoms with Crippen LogP contribution in [-0.2, 0) is 22.7 Å². The van der Waals surface area contributed by atoms with Crippen molar-refractivity contribution in [2.45, 2.75) is 58.5 Å². The number of aromatic nitrogens is 1. The van der Waals surface area contributed by atoms with Gasteiger partial charge in [-0.2, -0.15) is 0 Å². The maximum atomic E-state index is 14.0. The van der Waals surface area contributed by atoms with E-state index in [1.54, 1.807) is 22.3 Å². The number of nitrogens with zero attached hydrogens (tertiary/aromatic N) is 3. The zero-order valence-electron chi connectivity index (χ0n) is 24.1. The van der Waals surface area contributed by atoms with Crippen LogP contribution in [0.4, 0.5) is 0 Å². The molecule has 1 fully saturated rings. The Kier molecular flexibility index (Phi) is 8.81. The summed E-state index contributed by atoms with van der Waals surface area (Å²) in [5.74, 6) is -0.911. The van der Waals surface area contributed by atoms with E-state index in [1.807, 2.05) is 44.5 Å². The average molecular weight is 689 g/mol. The number of nitrogens with one attached hydrogen (secondary N) is 1. The Morgan fingerprint density at radius 3 is 2.61 bits per heavy atom. The van der Waals surface area contributed by atoms with E-state index in [0.29, 0.717) is 18.7 Å². The first-order valence-electron chi connectivity index (χ1n) is 13.7. The third-order valence-corrected chi connectivity index (χ3v) is 12.2. The van der Waals surface area contributed by atoms with Crippen molar-refractivity contribution in [3.05, 3.63) is 73.9 Å². The molecule has 0 spiro atoms. The molecule has 1 aromatic heterocycles. The topological polar surface area (TPSA) is 103 Å². The van der Waals surface area contributed by atoms with Crippen molar-refractivity contribution in [3.63, 3.8) is 0 Å². The fraction of sp³-hybridized carbons (Fsp3) is 0.419. The molecule has 218 valence electrons. The average Bonchev–Trinajstić information content (AvgIpc) is 3.64. The number of thiazole rings is 1. The molecule has 5 rings (SSSR count). The number of carbonyl (C=O) groups is 3. The van der Waals surface area contributed by atoms with Gasteiger partial charge in [0.15, 0.2) is 0 Å². The number of benzene rings is 2. The number of aliphatic hydroxyl groups is 1. The van der Waals surface area contributed by atoms with Crippen LogP contribution in [-0.4, -0.2) is 72.2 Å². The molecule has 0 saturated carbocycles. The molecule has 3 atom stereocenters. The minimum absolute atomic E-state index is 0.0725. The fourth-order valence-corrected chi connectivity index (χ4v) is 9.34. The van der Waals surface area contributed by atoms with Gasteiger partial charge in [-0.15, -0.1) is 0 Å². The quantitative estimate of drug-likeness (QED) is 0.272. The molecule has 1 saturated heterocycles. The molecule has 0 bridgehead atoms. The van der Waals surface area contributed by atoms with Crippen LogP contribution in [0.25, 0.3) is 10.4 Å². The third-order valence-electron chi connectivity index (χ3n) is 7.86. The number of β-amino-alcohol motifs (C(OH)–C–C–N with tert-alkyl or cyclic N) is 1. The van der Waals surface area contributed by atoms with Gasteiger partial charge in [0, 0.05) is 0 Å². The molecular weight excluding hydrogens is 651 g/mol. The Morgan fingerprint density at radius 2 is 1.95 bits per heavy atom. The molecule has 8 nitrogen and oxygen atoms in total. The number of fused-ring (bicyclic) bond motifs is 1. The predicted octanol–water partition coefficient (Wildman–Crippen LogP) is 4.31. The molecule has 2 aliphatic rings. The Balaban J connectivity index is 1.32. The van der Waals surface area contributed by atoms with Crippen LogP contribution in [0.1, 0.15) is 47.4 Å². The van der Waals surface area contributed by atoms with E-state index in [-0.39, 0.29) is 36.6 Å². The monoisotopic (exact) mass is 688 g/mol. The number of amides is 3. The Hall–Kier alpha value is -2.83. The van der Waals surface area contributed by atoms with Crippen molar-refractivity contribution in [3.8, 4) is 10.4 Å². The van der Waals surface area contributed by atoms with E-state index < -0.39 is 38.0 Å².